The van der Waals surface area contributed by atoms with Gasteiger partial charge in [0.15, 0.2) is 0 Å². The van der Waals surface area contributed by atoms with E-state index >= 15 is 0 Å². The number of carboxylic acids is 1. The van der Waals surface area contributed by atoms with Crippen molar-refractivity contribution in [1.29, 1.82) is 0 Å². The summed E-state index contributed by atoms with van der Waals surface area (Å²) >= 11 is 0. The fourth-order valence-corrected chi connectivity index (χ4v) is 7.04. The molecule has 1 amide bonds. The Morgan fingerprint density at radius 1 is 1.17 bits per heavy atom. The minimum atomic E-state index is -1.07. The van der Waals surface area contributed by atoms with Crippen molar-refractivity contribution in [2.45, 2.75) is 64.8 Å². The van der Waals surface area contributed by atoms with Gasteiger partial charge in [0, 0.05) is 18.5 Å². The van der Waals surface area contributed by atoms with E-state index in [4.69, 9.17) is 0 Å². The van der Waals surface area contributed by atoms with Crippen LogP contribution in [0.15, 0.2) is 11.6 Å². The molecule has 1 N–H and O–H groups in total. The highest BCUT2D eigenvalue weighted by Crippen LogP contribution is 2.64. The molecule has 3 saturated carbocycles. The lowest BCUT2D eigenvalue weighted by Gasteiger charge is -2.60. The zero-order valence-corrected chi connectivity index (χ0v) is 15.0. The van der Waals surface area contributed by atoms with Crippen LogP contribution in [-0.2, 0) is 9.59 Å². The van der Waals surface area contributed by atoms with Crippen LogP contribution in [0.1, 0.15) is 58.8 Å². The smallest absolute Gasteiger partial charge is 0.341 e. The van der Waals surface area contributed by atoms with Crippen LogP contribution in [0, 0.1) is 28.6 Å². The number of fused-ring (bicyclic) bond motifs is 5. The topological polar surface area (TPSA) is 57.6 Å². The Morgan fingerprint density at radius 3 is 2.62 bits per heavy atom. The predicted octanol–water partition coefficient (Wildman–Crippen LogP) is 3.47. The van der Waals surface area contributed by atoms with Crippen molar-refractivity contribution in [3.63, 3.8) is 0 Å². The minimum Gasteiger partial charge on any atom is -0.478 e. The van der Waals surface area contributed by atoms with Gasteiger partial charge in [-0.2, -0.15) is 0 Å². The van der Waals surface area contributed by atoms with Gasteiger partial charge >= 0.3 is 5.97 Å². The summed E-state index contributed by atoms with van der Waals surface area (Å²) in [6.45, 7) is 4.70. The van der Waals surface area contributed by atoms with E-state index in [1.165, 1.54) is 38.5 Å². The quantitative estimate of drug-likeness (QED) is 0.749. The molecule has 6 atom stereocenters. The molecule has 0 aromatic carbocycles. The van der Waals surface area contributed by atoms with Crippen molar-refractivity contribution in [3.8, 4) is 0 Å². The predicted molar refractivity (Wildman–Crippen MR) is 91.3 cm³/mol. The number of carboxylic acid groups (broad SMARTS) is 1. The number of nitrogens with zero attached hydrogens (tertiary/aromatic N) is 1. The van der Waals surface area contributed by atoms with Gasteiger partial charge in [-0.05, 0) is 61.7 Å². The fourth-order valence-electron chi connectivity index (χ4n) is 7.04. The lowest BCUT2D eigenvalue weighted by Crippen LogP contribution is -2.60. The number of hydrogen-bond donors (Lipinski definition) is 1. The summed E-state index contributed by atoms with van der Waals surface area (Å²) in [7, 11) is 1.80. The van der Waals surface area contributed by atoms with E-state index in [-0.39, 0.29) is 22.9 Å². The summed E-state index contributed by atoms with van der Waals surface area (Å²) in [4.78, 5) is 25.8. The summed E-state index contributed by atoms with van der Waals surface area (Å²) in [5, 5.41) is 9.50. The number of carbonyl (C=O) groups is 2. The van der Waals surface area contributed by atoms with Gasteiger partial charge < -0.3 is 10.0 Å². The number of hydrogen-bond acceptors (Lipinski definition) is 2. The molecule has 4 heteroatoms. The largest absolute Gasteiger partial charge is 0.478 e. The van der Waals surface area contributed by atoms with E-state index in [0.29, 0.717) is 17.3 Å². The molecule has 1 aliphatic heterocycles. The molecule has 1 heterocycles. The first-order valence-corrected chi connectivity index (χ1v) is 9.51. The number of carbonyl (C=O) groups excluding carboxylic acids is 1. The van der Waals surface area contributed by atoms with Gasteiger partial charge in [0.2, 0.25) is 0 Å². The van der Waals surface area contributed by atoms with E-state index in [2.05, 4.69) is 13.8 Å². The maximum atomic E-state index is 12.4. The van der Waals surface area contributed by atoms with Gasteiger partial charge in [-0.15, -0.1) is 0 Å². The van der Waals surface area contributed by atoms with Gasteiger partial charge in [0.25, 0.3) is 5.91 Å². The molecule has 24 heavy (non-hydrogen) atoms. The Balaban J connectivity index is 1.76. The van der Waals surface area contributed by atoms with Crippen molar-refractivity contribution in [2.24, 2.45) is 28.6 Å². The monoisotopic (exact) mass is 331 g/mol. The van der Waals surface area contributed by atoms with E-state index in [0.717, 1.165) is 12.3 Å². The summed E-state index contributed by atoms with van der Waals surface area (Å²) in [6, 6.07) is 0.153. The van der Waals surface area contributed by atoms with Crippen LogP contribution in [0.5, 0.6) is 0 Å². The molecule has 1 unspecified atom stereocenters. The van der Waals surface area contributed by atoms with Crippen LogP contribution < -0.4 is 0 Å². The highest BCUT2D eigenvalue weighted by atomic mass is 16.4. The standard InChI is InChI=1S/C20H29NO3/c1-19-9-4-5-14(19)12-6-7-16-20(2,15(12)8-10-19)11-13(18(23)24)17(22)21(16)3/h11-12,14-16H,4-10H2,1-3H3,(H,23,24)/t12-,14-,15+,16?,19-,20+/m0/s1. The first kappa shape index (κ1) is 16.2. The van der Waals surface area contributed by atoms with Crippen molar-refractivity contribution in [3.05, 3.63) is 11.6 Å². The molecule has 0 spiro atoms. The van der Waals surface area contributed by atoms with Gasteiger partial charge in [-0.3, -0.25) is 4.79 Å². The molecular formula is C20H29NO3. The summed E-state index contributed by atoms with van der Waals surface area (Å²) in [5.41, 5.74) is 0.292. The van der Waals surface area contributed by atoms with Crippen LogP contribution in [0.25, 0.3) is 0 Å². The second-order valence-corrected chi connectivity index (χ2v) is 9.20. The summed E-state index contributed by atoms with van der Waals surface area (Å²) < 4.78 is 0. The molecule has 3 aliphatic carbocycles. The van der Waals surface area contributed by atoms with Crippen molar-refractivity contribution >= 4 is 11.9 Å². The van der Waals surface area contributed by atoms with Crippen LogP contribution >= 0.6 is 0 Å². The molecule has 0 aromatic rings. The second kappa shape index (κ2) is 5.09. The van der Waals surface area contributed by atoms with Gasteiger partial charge in [0.05, 0.1) is 0 Å². The molecular weight excluding hydrogens is 302 g/mol. The molecule has 4 rings (SSSR count). The molecule has 0 aromatic heterocycles. The number of amides is 1. The maximum Gasteiger partial charge on any atom is 0.341 e. The Morgan fingerprint density at radius 2 is 1.92 bits per heavy atom. The van der Waals surface area contributed by atoms with Gasteiger partial charge in [0.1, 0.15) is 5.57 Å². The highest BCUT2D eigenvalue weighted by molar-refractivity contribution is 6.16. The molecule has 3 fully saturated rings. The van der Waals surface area contributed by atoms with E-state index in [1.807, 2.05) is 6.08 Å². The number of rotatable bonds is 1. The normalized spacial score (nSPS) is 47.5. The van der Waals surface area contributed by atoms with Crippen LogP contribution in [0.3, 0.4) is 0 Å². The van der Waals surface area contributed by atoms with Gasteiger partial charge in [-0.25, -0.2) is 4.79 Å². The zero-order valence-electron chi connectivity index (χ0n) is 15.0. The third kappa shape index (κ3) is 1.98. The van der Waals surface area contributed by atoms with E-state index in [1.54, 1.807) is 11.9 Å². The Labute approximate surface area is 144 Å². The molecule has 0 saturated heterocycles. The maximum absolute atomic E-state index is 12.4. The number of aliphatic carboxylic acids is 1. The van der Waals surface area contributed by atoms with Crippen molar-refractivity contribution in [1.82, 2.24) is 4.90 Å². The summed E-state index contributed by atoms with van der Waals surface area (Å²) in [5.74, 6) is 0.608. The SMILES string of the molecule is CN1C(=O)C(C(=O)O)=C[C@@]2(C)C1CC[C@@H]1[C@H]2CC[C@]2(C)CCC[C@@H]12. The molecule has 4 nitrogen and oxygen atoms in total. The highest BCUT2D eigenvalue weighted by Gasteiger charge is 2.59. The van der Waals surface area contributed by atoms with E-state index < -0.39 is 5.97 Å². The third-order valence-corrected chi connectivity index (χ3v) is 8.21. The van der Waals surface area contributed by atoms with Crippen LogP contribution in [-0.4, -0.2) is 35.0 Å². The van der Waals surface area contributed by atoms with Crippen LogP contribution in [0.2, 0.25) is 0 Å². The molecule has 132 valence electrons. The van der Waals surface area contributed by atoms with Crippen molar-refractivity contribution < 1.29 is 14.7 Å². The first-order valence-electron chi connectivity index (χ1n) is 9.51. The average molecular weight is 331 g/mol. The second-order valence-electron chi connectivity index (χ2n) is 9.20. The zero-order chi connectivity index (χ0) is 17.3. The molecule has 4 aliphatic rings. The minimum absolute atomic E-state index is 0.0170. The van der Waals surface area contributed by atoms with E-state index in [9.17, 15) is 14.7 Å². The number of likely N-dealkylation sites (N-methyl/N-ethyl adjacent to an activating group) is 1. The molecule has 0 bridgehead atoms. The first-order chi connectivity index (χ1) is 11.3. The third-order valence-electron chi connectivity index (χ3n) is 8.21. The Bertz CT molecular complexity index is 626. The summed E-state index contributed by atoms with van der Waals surface area (Å²) in [6.07, 6.45) is 10.5. The van der Waals surface area contributed by atoms with Gasteiger partial charge in [-0.1, -0.05) is 26.3 Å². The lowest BCUT2D eigenvalue weighted by molar-refractivity contribution is -0.145. The van der Waals surface area contributed by atoms with Crippen molar-refractivity contribution in [2.75, 3.05) is 7.05 Å². The lowest BCUT2D eigenvalue weighted by atomic mass is 9.48. The molecule has 0 radical (unpaired) electrons. The van der Waals surface area contributed by atoms with Crippen LogP contribution in [0.4, 0.5) is 0 Å². The Hall–Kier alpha value is -1.32. The average Bonchev–Trinajstić information content (AvgIpc) is 2.92. The fraction of sp³-hybridized carbons (Fsp3) is 0.800. The Kier molecular flexibility index (Phi) is 3.43.